The molecule has 0 bridgehead atoms. The van der Waals surface area contributed by atoms with Crippen LogP contribution in [0.15, 0.2) is 48.5 Å². The summed E-state index contributed by atoms with van der Waals surface area (Å²) in [5.41, 5.74) is 1.06. The lowest BCUT2D eigenvalue weighted by atomic mass is 10.1. The maximum atomic E-state index is 13.2. The first-order chi connectivity index (χ1) is 12.1. The molecule has 1 fully saturated rings. The minimum absolute atomic E-state index is 0.0627. The molecule has 5 nitrogen and oxygen atoms in total. The number of nitrogens with zero attached hydrogens (tertiary/aromatic N) is 2. The molecule has 0 unspecified atom stereocenters. The lowest BCUT2D eigenvalue weighted by Crippen LogP contribution is -2.39. The Balaban J connectivity index is 1.73. The molecule has 6 heteroatoms. The number of urea groups is 1. The second-order valence-corrected chi connectivity index (χ2v) is 6.04. The third-order valence-corrected chi connectivity index (χ3v) is 4.15. The van der Waals surface area contributed by atoms with Crippen molar-refractivity contribution in [3.05, 3.63) is 65.5 Å². The Kier molecular flexibility index (Phi) is 4.96. The zero-order chi connectivity index (χ0) is 17.8. The predicted octanol–water partition coefficient (Wildman–Crippen LogP) is 3.43. The molecule has 0 heterocycles. The Labute approximate surface area is 145 Å². The average molecular weight is 339 g/mol. The van der Waals surface area contributed by atoms with Gasteiger partial charge in [0.25, 0.3) is 0 Å². The van der Waals surface area contributed by atoms with Crippen molar-refractivity contribution in [2.75, 3.05) is 11.9 Å². The van der Waals surface area contributed by atoms with Gasteiger partial charge in [-0.3, -0.25) is 0 Å². The van der Waals surface area contributed by atoms with Crippen LogP contribution >= 0.6 is 0 Å². The number of rotatable bonds is 5. The second-order valence-electron chi connectivity index (χ2n) is 6.04. The highest BCUT2D eigenvalue weighted by molar-refractivity contribution is 5.91. The summed E-state index contributed by atoms with van der Waals surface area (Å²) in [6.45, 7) is 0.156. The summed E-state index contributed by atoms with van der Waals surface area (Å²) in [5, 5.41) is 22.1. The molecule has 2 amide bonds. The highest BCUT2D eigenvalue weighted by atomic mass is 19.1. The lowest BCUT2D eigenvalue weighted by molar-refractivity contribution is 0.123. The molecule has 1 atom stereocenters. The minimum Gasteiger partial charge on any atom is -0.387 e. The number of nitrogens with one attached hydrogen (secondary N) is 1. The predicted molar refractivity (Wildman–Crippen MR) is 91.3 cm³/mol. The first kappa shape index (κ1) is 16.9. The summed E-state index contributed by atoms with van der Waals surface area (Å²) >= 11 is 0. The number of anilines is 1. The molecule has 2 N–H and O–H groups in total. The normalized spacial score (nSPS) is 14.4. The lowest BCUT2D eigenvalue weighted by Gasteiger charge is -2.26. The first-order valence-electron chi connectivity index (χ1n) is 8.09. The molecule has 2 aromatic rings. The number of hydrogen-bond donors (Lipinski definition) is 2. The Morgan fingerprint density at radius 2 is 2.04 bits per heavy atom. The fourth-order valence-electron chi connectivity index (χ4n) is 2.66. The molecule has 2 aromatic carbocycles. The number of aliphatic hydroxyl groups excluding tert-OH is 1. The SMILES string of the molecule is N#Cc1cc(F)ccc1NC(=O)N(C[C@@H](O)c1ccccc1)C1CC1. The molecule has 3 rings (SSSR count). The van der Waals surface area contributed by atoms with E-state index in [9.17, 15) is 14.3 Å². The van der Waals surface area contributed by atoms with E-state index in [1.807, 2.05) is 24.3 Å². The number of carbonyl (C=O) groups excluding carboxylic acids is 1. The molecule has 0 aromatic heterocycles. The third-order valence-electron chi connectivity index (χ3n) is 4.15. The molecule has 1 aliphatic carbocycles. The van der Waals surface area contributed by atoms with Crippen molar-refractivity contribution >= 4 is 11.7 Å². The van der Waals surface area contributed by atoms with E-state index in [0.29, 0.717) is 0 Å². The van der Waals surface area contributed by atoms with E-state index >= 15 is 0 Å². The van der Waals surface area contributed by atoms with Crippen molar-refractivity contribution in [1.82, 2.24) is 4.90 Å². The van der Waals surface area contributed by atoms with E-state index in [4.69, 9.17) is 5.26 Å². The monoisotopic (exact) mass is 339 g/mol. The summed E-state index contributed by atoms with van der Waals surface area (Å²) in [7, 11) is 0. The van der Waals surface area contributed by atoms with Crippen LogP contribution in [0.25, 0.3) is 0 Å². The van der Waals surface area contributed by atoms with Gasteiger partial charge in [-0.15, -0.1) is 0 Å². The molecule has 0 saturated heterocycles. The third kappa shape index (κ3) is 4.14. The standard InChI is InChI=1S/C19H18FN3O2/c20-15-6-9-17(14(10-15)11-21)22-19(25)23(16-7-8-16)12-18(24)13-4-2-1-3-5-13/h1-6,9-10,16,18,24H,7-8,12H2,(H,22,25)/t18-/m1/s1. The van der Waals surface area contributed by atoms with Gasteiger partial charge < -0.3 is 15.3 Å². The van der Waals surface area contributed by atoms with Crippen molar-refractivity contribution in [2.45, 2.75) is 25.0 Å². The Bertz CT molecular complexity index is 800. The van der Waals surface area contributed by atoms with Gasteiger partial charge in [0, 0.05) is 6.04 Å². The van der Waals surface area contributed by atoms with E-state index < -0.39 is 18.0 Å². The van der Waals surface area contributed by atoms with Crippen LogP contribution in [0, 0.1) is 17.1 Å². The van der Waals surface area contributed by atoms with E-state index in [1.165, 1.54) is 12.1 Å². The second kappa shape index (κ2) is 7.32. The summed E-state index contributed by atoms with van der Waals surface area (Å²) in [6, 6.07) is 14.3. The number of halogens is 1. The number of benzene rings is 2. The minimum atomic E-state index is -0.795. The quantitative estimate of drug-likeness (QED) is 0.876. The van der Waals surface area contributed by atoms with Gasteiger partial charge in [0.1, 0.15) is 11.9 Å². The molecule has 1 saturated carbocycles. The molecular weight excluding hydrogens is 321 g/mol. The molecule has 0 spiro atoms. The average Bonchev–Trinajstić information content (AvgIpc) is 3.46. The zero-order valence-electron chi connectivity index (χ0n) is 13.5. The van der Waals surface area contributed by atoms with Crippen LogP contribution < -0.4 is 5.32 Å². The molecule has 25 heavy (non-hydrogen) atoms. The summed E-state index contributed by atoms with van der Waals surface area (Å²) in [4.78, 5) is 14.2. The van der Waals surface area contributed by atoms with Crippen molar-refractivity contribution in [3.63, 3.8) is 0 Å². The fourth-order valence-corrected chi connectivity index (χ4v) is 2.66. The van der Waals surface area contributed by atoms with Gasteiger partial charge in [-0.1, -0.05) is 30.3 Å². The van der Waals surface area contributed by atoms with Gasteiger partial charge in [-0.05, 0) is 36.6 Å². The van der Waals surface area contributed by atoms with Crippen LogP contribution in [0.3, 0.4) is 0 Å². The Morgan fingerprint density at radius 1 is 1.32 bits per heavy atom. The van der Waals surface area contributed by atoms with Crippen molar-refractivity contribution < 1.29 is 14.3 Å². The molecule has 128 valence electrons. The fraction of sp³-hybridized carbons (Fsp3) is 0.263. The summed E-state index contributed by atoms with van der Waals surface area (Å²) in [5.74, 6) is -0.534. The largest absolute Gasteiger partial charge is 0.387 e. The van der Waals surface area contributed by atoms with E-state index in [2.05, 4.69) is 5.32 Å². The van der Waals surface area contributed by atoms with E-state index in [-0.39, 0.29) is 23.8 Å². The van der Waals surface area contributed by atoms with Crippen LogP contribution in [0.2, 0.25) is 0 Å². The smallest absolute Gasteiger partial charge is 0.322 e. The first-order valence-corrected chi connectivity index (χ1v) is 8.09. The zero-order valence-corrected chi connectivity index (χ0v) is 13.5. The maximum absolute atomic E-state index is 13.2. The number of amides is 2. The van der Waals surface area contributed by atoms with Gasteiger partial charge in [-0.2, -0.15) is 5.26 Å². The number of hydrogen-bond acceptors (Lipinski definition) is 3. The molecule has 0 aliphatic heterocycles. The van der Waals surface area contributed by atoms with E-state index in [0.717, 1.165) is 24.5 Å². The molecule has 0 radical (unpaired) electrons. The summed E-state index contributed by atoms with van der Waals surface area (Å²) < 4.78 is 13.2. The van der Waals surface area contributed by atoms with Crippen LogP contribution in [0.1, 0.15) is 30.1 Å². The van der Waals surface area contributed by atoms with Gasteiger partial charge >= 0.3 is 6.03 Å². The van der Waals surface area contributed by atoms with Crippen LogP contribution in [0.5, 0.6) is 0 Å². The van der Waals surface area contributed by atoms with Crippen molar-refractivity contribution in [2.24, 2.45) is 0 Å². The number of carbonyl (C=O) groups is 1. The molecular formula is C19H18FN3O2. The van der Waals surface area contributed by atoms with E-state index in [1.54, 1.807) is 17.0 Å². The highest BCUT2D eigenvalue weighted by Gasteiger charge is 2.34. The highest BCUT2D eigenvalue weighted by Crippen LogP contribution is 2.30. The Hall–Kier alpha value is -2.91. The van der Waals surface area contributed by atoms with Gasteiger partial charge in [0.05, 0.1) is 23.9 Å². The van der Waals surface area contributed by atoms with Gasteiger partial charge in [0.15, 0.2) is 0 Å². The maximum Gasteiger partial charge on any atom is 0.322 e. The van der Waals surface area contributed by atoms with Crippen molar-refractivity contribution in [1.29, 1.82) is 5.26 Å². The number of aliphatic hydroxyl groups is 1. The van der Waals surface area contributed by atoms with Crippen LogP contribution in [0.4, 0.5) is 14.9 Å². The topological polar surface area (TPSA) is 76.4 Å². The molecule has 1 aliphatic rings. The van der Waals surface area contributed by atoms with Gasteiger partial charge in [-0.25, -0.2) is 9.18 Å². The number of nitriles is 1. The van der Waals surface area contributed by atoms with Crippen LogP contribution in [-0.4, -0.2) is 28.6 Å². The van der Waals surface area contributed by atoms with Crippen LogP contribution in [-0.2, 0) is 0 Å². The Morgan fingerprint density at radius 3 is 2.68 bits per heavy atom. The van der Waals surface area contributed by atoms with Gasteiger partial charge in [0.2, 0.25) is 0 Å². The van der Waals surface area contributed by atoms with Crippen molar-refractivity contribution in [3.8, 4) is 6.07 Å². The summed E-state index contributed by atoms with van der Waals surface area (Å²) in [6.07, 6.45) is 0.962.